The lowest BCUT2D eigenvalue weighted by Gasteiger charge is -2.22. The van der Waals surface area contributed by atoms with Crippen LogP contribution >= 0.6 is 0 Å². The van der Waals surface area contributed by atoms with E-state index in [2.05, 4.69) is 20.2 Å². The number of urea groups is 1. The molecule has 6 heteroatoms. The number of hydrogen-bond acceptors (Lipinski definition) is 3. The number of amides is 2. The lowest BCUT2D eigenvalue weighted by molar-refractivity contribution is 0.232. The Balaban J connectivity index is 1.45. The fraction of sp³-hybridized carbons (Fsp3) is 0.381. The van der Waals surface area contributed by atoms with Gasteiger partial charge in [-0.1, -0.05) is 49.6 Å². The highest BCUT2D eigenvalue weighted by Gasteiger charge is 2.16. The molecule has 1 aliphatic rings. The fourth-order valence-electron chi connectivity index (χ4n) is 3.74. The van der Waals surface area contributed by atoms with E-state index in [1.165, 1.54) is 19.3 Å². The number of hydrogen-bond donors (Lipinski definition) is 2. The van der Waals surface area contributed by atoms with Crippen molar-refractivity contribution in [1.82, 2.24) is 25.2 Å². The second-order valence-electron chi connectivity index (χ2n) is 7.03. The summed E-state index contributed by atoms with van der Waals surface area (Å²) in [6.45, 7) is 1.15. The number of imidazole rings is 1. The second kappa shape index (κ2) is 8.20. The minimum atomic E-state index is -0.0828. The third kappa shape index (κ3) is 4.10. The Morgan fingerprint density at radius 1 is 1.07 bits per heavy atom. The minimum Gasteiger partial charge on any atom is -0.336 e. The number of carbonyl (C=O) groups excluding carboxylic acids is 1. The van der Waals surface area contributed by atoms with E-state index in [0.29, 0.717) is 19.1 Å². The van der Waals surface area contributed by atoms with Crippen LogP contribution in [-0.4, -0.2) is 33.2 Å². The highest BCUT2D eigenvalue weighted by atomic mass is 16.2. The number of benzene rings is 1. The Labute approximate surface area is 159 Å². The van der Waals surface area contributed by atoms with E-state index in [-0.39, 0.29) is 6.03 Å². The van der Waals surface area contributed by atoms with Gasteiger partial charge in [0.15, 0.2) is 5.65 Å². The predicted octanol–water partition coefficient (Wildman–Crippen LogP) is 3.73. The Kier molecular flexibility index (Phi) is 5.32. The molecule has 6 nitrogen and oxygen atoms in total. The number of rotatable bonds is 5. The van der Waals surface area contributed by atoms with Crippen molar-refractivity contribution >= 4 is 17.2 Å². The van der Waals surface area contributed by atoms with Crippen LogP contribution < -0.4 is 10.6 Å². The number of carbonyl (C=O) groups is 1. The van der Waals surface area contributed by atoms with Gasteiger partial charge in [-0.25, -0.2) is 14.8 Å². The summed E-state index contributed by atoms with van der Waals surface area (Å²) in [7, 11) is 0. The van der Waals surface area contributed by atoms with Gasteiger partial charge in [0.2, 0.25) is 0 Å². The van der Waals surface area contributed by atoms with Crippen LogP contribution in [0.3, 0.4) is 0 Å². The number of aromatic nitrogens is 3. The Morgan fingerprint density at radius 3 is 2.70 bits per heavy atom. The van der Waals surface area contributed by atoms with Crippen molar-refractivity contribution in [2.75, 3.05) is 6.54 Å². The van der Waals surface area contributed by atoms with E-state index >= 15 is 0 Å². The van der Waals surface area contributed by atoms with Gasteiger partial charge >= 0.3 is 6.03 Å². The molecular weight excluding hydrogens is 338 g/mol. The molecule has 0 saturated heterocycles. The molecule has 0 spiro atoms. The Hall–Kier alpha value is -2.89. The molecule has 0 bridgehead atoms. The molecule has 4 rings (SSSR count). The van der Waals surface area contributed by atoms with E-state index in [4.69, 9.17) is 4.98 Å². The van der Waals surface area contributed by atoms with Crippen molar-refractivity contribution in [3.05, 3.63) is 48.7 Å². The summed E-state index contributed by atoms with van der Waals surface area (Å²) in [6.07, 6.45) is 7.64. The van der Waals surface area contributed by atoms with Gasteiger partial charge in [-0.05, 0) is 25.0 Å². The molecule has 2 aromatic heterocycles. The number of nitrogens with zero attached hydrogens (tertiary/aromatic N) is 3. The van der Waals surface area contributed by atoms with E-state index in [1.807, 2.05) is 42.5 Å². The summed E-state index contributed by atoms with van der Waals surface area (Å²) in [4.78, 5) is 21.4. The molecule has 3 aromatic rings. The average Bonchev–Trinajstić information content (AvgIpc) is 3.08. The third-order valence-corrected chi connectivity index (χ3v) is 5.10. The van der Waals surface area contributed by atoms with Crippen LogP contribution in [0.1, 0.15) is 32.1 Å². The summed E-state index contributed by atoms with van der Waals surface area (Å²) < 4.78 is 2.07. The van der Waals surface area contributed by atoms with Crippen LogP contribution in [0.25, 0.3) is 22.6 Å². The van der Waals surface area contributed by atoms with Gasteiger partial charge in [0.1, 0.15) is 11.3 Å². The molecule has 2 heterocycles. The first-order valence-corrected chi connectivity index (χ1v) is 9.72. The highest BCUT2D eigenvalue weighted by molar-refractivity contribution is 5.77. The van der Waals surface area contributed by atoms with Crippen LogP contribution in [0.4, 0.5) is 4.79 Å². The molecule has 0 unspecified atom stereocenters. The van der Waals surface area contributed by atoms with E-state index < -0.39 is 0 Å². The predicted molar refractivity (Wildman–Crippen MR) is 106 cm³/mol. The SMILES string of the molecule is O=C(NCCn1c(-c2ccccc2)nc2cccnc21)NC1CCCCC1. The molecule has 2 amide bonds. The van der Waals surface area contributed by atoms with Crippen LogP contribution in [0, 0.1) is 0 Å². The zero-order chi connectivity index (χ0) is 18.5. The summed E-state index contributed by atoms with van der Waals surface area (Å²) in [5.74, 6) is 0.874. The molecule has 2 N–H and O–H groups in total. The fourth-order valence-corrected chi connectivity index (χ4v) is 3.74. The molecule has 1 aromatic carbocycles. The van der Waals surface area contributed by atoms with Gasteiger partial charge in [-0.2, -0.15) is 0 Å². The van der Waals surface area contributed by atoms with E-state index in [9.17, 15) is 4.79 Å². The standard InChI is InChI=1S/C21H25N5O/c27-21(24-17-10-5-2-6-11-17)23-14-15-26-19(16-8-3-1-4-9-16)25-18-12-7-13-22-20(18)26/h1,3-4,7-9,12-13,17H,2,5-6,10-11,14-15H2,(H2,23,24,27). The summed E-state index contributed by atoms with van der Waals surface area (Å²) in [5, 5.41) is 6.08. The molecule has 0 atom stereocenters. The maximum Gasteiger partial charge on any atom is 0.315 e. The quantitative estimate of drug-likeness (QED) is 0.725. The molecular formula is C21H25N5O. The maximum absolute atomic E-state index is 12.2. The number of nitrogens with one attached hydrogen (secondary N) is 2. The monoisotopic (exact) mass is 363 g/mol. The topological polar surface area (TPSA) is 71.8 Å². The smallest absolute Gasteiger partial charge is 0.315 e. The van der Waals surface area contributed by atoms with Crippen molar-refractivity contribution in [2.45, 2.75) is 44.7 Å². The van der Waals surface area contributed by atoms with Crippen LogP contribution in [0.5, 0.6) is 0 Å². The molecule has 1 saturated carbocycles. The molecule has 140 valence electrons. The lowest BCUT2D eigenvalue weighted by atomic mass is 9.96. The number of fused-ring (bicyclic) bond motifs is 1. The average molecular weight is 363 g/mol. The molecule has 1 aliphatic carbocycles. The van der Waals surface area contributed by atoms with Crippen LogP contribution in [0.2, 0.25) is 0 Å². The summed E-state index contributed by atoms with van der Waals surface area (Å²) in [5.41, 5.74) is 2.75. The van der Waals surface area contributed by atoms with Crippen molar-refractivity contribution in [3.63, 3.8) is 0 Å². The van der Waals surface area contributed by atoms with Gasteiger partial charge < -0.3 is 15.2 Å². The maximum atomic E-state index is 12.2. The van der Waals surface area contributed by atoms with Crippen molar-refractivity contribution < 1.29 is 4.79 Å². The van der Waals surface area contributed by atoms with Gasteiger partial charge in [0, 0.05) is 30.9 Å². The first kappa shape index (κ1) is 17.5. The number of pyridine rings is 1. The Morgan fingerprint density at radius 2 is 1.89 bits per heavy atom. The van der Waals surface area contributed by atoms with Gasteiger partial charge in [-0.3, -0.25) is 0 Å². The third-order valence-electron chi connectivity index (χ3n) is 5.10. The van der Waals surface area contributed by atoms with Crippen molar-refractivity contribution in [3.8, 4) is 11.4 Å². The molecule has 0 aliphatic heterocycles. The first-order valence-electron chi connectivity index (χ1n) is 9.72. The van der Waals surface area contributed by atoms with E-state index in [1.54, 1.807) is 6.20 Å². The molecule has 0 radical (unpaired) electrons. The summed E-state index contributed by atoms with van der Waals surface area (Å²) in [6, 6.07) is 14.2. The van der Waals surface area contributed by atoms with Crippen LogP contribution in [-0.2, 0) is 6.54 Å². The zero-order valence-electron chi connectivity index (χ0n) is 15.4. The van der Waals surface area contributed by atoms with Crippen molar-refractivity contribution in [1.29, 1.82) is 0 Å². The lowest BCUT2D eigenvalue weighted by Crippen LogP contribution is -2.43. The minimum absolute atomic E-state index is 0.0828. The van der Waals surface area contributed by atoms with Gasteiger partial charge in [-0.15, -0.1) is 0 Å². The second-order valence-corrected chi connectivity index (χ2v) is 7.03. The molecule has 27 heavy (non-hydrogen) atoms. The zero-order valence-corrected chi connectivity index (χ0v) is 15.4. The van der Waals surface area contributed by atoms with Gasteiger partial charge in [0.25, 0.3) is 0 Å². The van der Waals surface area contributed by atoms with Crippen LogP contribution in [0.15, 0.2) is 48.7 Å². The first-order chi connectivity index (χ1) is 13.3. The Bertz CT molecular complexity index is 899. The van der Waals surface area contributed by atoms with Gasteiger partial charge in [0.05, 0.1) is 0 Å². The highest BCUT2D eigenvalue weighted by Crippen LogP contribution is 2.23. The normalized spacial score (nSPS) is 15.0. The summed E-state index contributed by atoms with van der Waals surface area (Å²) >= 11 is 0. The van der Waals surface area contributed by atoms with Crippen molar-refractivity contribution in [2.24, 2.45) is 0 Å². The largest absolute Gasteiger partial charge is 0.336 e. The molecule has 1 fully saturated rings. The van der Waals surface area contributed by atoms with E-state index in [0.717, 1.165) is 35.4 Å².